The van der Waals surface area contributed by atoms with Gasteiger partial charge >= 0.3 is 0 Å². The van der Waals surface area contributed by atoms with Gasteiger partial charge in [0, 0.05) is 11.4 Å². The first kappa shape index (κ1) is 13.3. The molecule has 0 amide bonds. The number of aromatic nitrogens is 2. The molecule has 4 heteroatoms. The lowest BCUT2D eigenvalue weighted by atomic mass is 10.2. The molecule has 1 aliphatic rings. The third-order valence-electron chi connectivity index (χ3n) is 3.80. The molecule has 0 aliphatic heterocycles. The van der Waals surface area contributed by atoms with Crippen molar-refractivity contribution in [3.8, 4) is 0 Å². The Morgan fingerprint density at radius 3 is 2.65 bits per heavy atom. The standard InChI is InChI=1S/C16H22N4/c1-20(2)11-15-18-14-10-6-5-9-13(14)16(19-15)17-12-7-3-4-8-12/h5-6,9-10,12H,3-4,7-8,11H2,1-2H3,(H,17,18,19). The fourth-order valence-electron chi connectivity index (χ4n) is 2.85. The maximum Gasteiger partial charge on any atom is 0.145 e. The summed E-state index contributed by atoms with van der Waals surface area (Å²) < 4.78 is 0. The van der Waals surface area contributed by atoms with Crippen LogP contribution >= 0.6 is 0 Å². The van der Waals surface area contributed by atoms with Crippen LogP contribution in [0.2, 0.25) is 0 Å². The maximum absolute atomic E-state index is 4.74. The Morgan fingerprint density at radius 2 is 1.90 bits per heavy atom. The molecule has 0 atom stereocenters. The van der Waals surface area contributed by atoms with E-state index in [-0.39, 0.29) is 0 Å². The summed E-state index contributed by atoms with van der Waals surface area (Å²) in [7, 11) is 4.09. The van der Waals surface area contributed by atoms with Crippen molar-refractivity contribution in [2.45, 2.75) is 38.3 Å². The number of para-hydroxylation sites is 1. The van der Waals surface area contributed by atoms with Crippen molar-refractivity contribution < 1.29 is 0 Å². The van der Waals surface area contributed by atoms with Gasteiger partial charge in [0.05, 0.1) is 12.1 Å². The lowest BCUT2D eigenvalue weighted by Crippen LogP contribution is -2.18. The van der Waals surface area contributed by atoms with Crippen molar-refractivity contribution in [3.63, 3.8) is 0 Å². The maximum atomic E-state index is 4.74. The fourth-order valence-corrected chi connectivity index (χ4v) is 2.85. The van der Waals surface area contributed by atoms with Crippen molar-refractivity contribution in [3.05, 3.63) is 30.1 Å². The van der Waals surface area contributed by atoms with E-state index < -0.39 is 0 Å². The Balaban J connectivity index is 1.97. The Morgan fingerprint density at radius 1 is 1.15 bits per heavy atom. The highest BCUT2D eigenvalue weighted by Crippen LogP contribution is 2.26. The van der Waals surface area contributed by atoms with Crippen LogP contribution in [-0.4, -0.2) is 35.0 Å². The van der Waals surface area contributed by atoms with Gasteiger partial charge in [-0.05, 0) is 39.1 Å². The molecule has 1 saturated carbocycles. The monoisotopic (exact) mass is 270 g/mol. The average molecular weight is 270 g/mol. The molecule has 3 rings (SSSR count). The average Bonchev–Trinajstić information content (AvgIpc) is 2.91. The second-order valence-corrected chi connectivity index (χ2v) is 5.87. The molecule has 4 nitrogen and oxygen atoms in total. The number of benzene rings is 1. The van der Waals surface area contributed by atoms with Crippen LogP contribution in [0, 0.1) is 0 Å². The number of hydrogen-bond donors (Lipinski definition) is 1. The van der Waals surface area contributed by atoms with Gasteiger partial charge in [0.15, 0.2) is 0 Å². The Kier molecular flexibility index (Phi) is 3.83. The zero-order chi connectivity index (χ0) is 13.9. The highest BCUT2D eigenvalue weighted by atomic mass is 15.1. The Hall–Kier alpha value is -1.68. The van der Waals surface area contributed by atoms with E-state index in [1.165, 1.54) is 25.7 Å². The first-order valence-electron chi connectivity index (χ1n) is 7.39. The molecule has 0 bridgehead atoms. The minimum absolute atomic E-state index is 0.570. The van der Waals surface area contributed by atoms with Gasteiger partial charge in [-0.3, -0.25) is 0 Å². The van der Waals surface area contributed by atoms with Gasteiger partial charge in [-0.1, -0.05) is 25.0 Å². The van der Waals surface area contributed by atoms with Crippen molar-refractivity contribution in [1.29, 1.82) is 0 Å². The molecule has 1 fully saturated rings. The van der Waals surface area contributed by atoms with Crippen LogP contribution in [0.1, 0.15) is 31.5 Å². The molecule has 1 heterocycles. The van der Waals surface area contributed by atoms with E-state index in [0.29, 0.717) is 6.04 Å². The lowest BCUT2D eigenvalue weighted by molar-refractivity contribution is 0.391. The summed E-state index contributed by atoms with van der Waals surface area (Å²) in [5, 5.41) is 4.75. The smallest absolute Gasteiger partial charge is 0.145 e. The van der Waals surface area contributed by atoms with Crippen molar-refractivity contribution >= 4 is 16.7 Å². The molecule has 1 aromatic heterocycles. The number of hydrogen-bond acceptors (Lipinski definition) is 4. The molecule has 20 heavy (non-hydrogen) atoms. The molecule has 0 saturated heterocycles. The van der Waals surface area contributed by atoms with Crippen LogP contribution in [0.4, 0.5) is 5.82 Å². The van der Waals surface area contributed by atoms with E-state index in [1.807, 2.05) is 20.2 Å². The zero-order valence-electron chi connectivity index (χ0n) is 12.3. The number of rotatable bonds is 4. The summed E-state index contributed by atoms with van der Waals surface area (Å²) in [5.41, 5.74) is 1.03. The molecular weight excluding hydrogens is 248 g/mol. The van der Waals surface area contributed by atoms with Gasteiger partial charge in [0.2, 0.25) is 0 Å². The van der Waals surface area contributed by atoms with Gasteiger partial charge < -0.3 is 10.2 Å². The summed E-state index contributed by atoms with van der Waals surface area (Å²) in [4.78, 5) is 11.5. The highest BCUT2D eigenvalue weighted by Gasteiger charge is 2.17. The van der Waals surface area contributed by atoms with Gasteiger partial charge in [0.1, 0.15) is 11.6 Å². The topological polar surface area (TPSA) is 41.1 Å². The van der Waals surface area contributed by atoms with E-state index in [4.69, 9.17) is 4.98 Å². The number of fused-ring (bicyclic) bond motifs is 1. The third-order valence-corrected chi connectivity index (χ3v) is 3.80. The second kappa shape index (κ2) is 5.75. The number of nitrogens with one attached hydrogen (secondary N) is 1. The van der Waals surface area contributed by atoms with Gasteiger partial charge in [-0.25, -0.2) is 9.97 Å². The number of anilines is 1. The van der Waals surface area contributed by atoms with E-state index in [9.17, 15) is 0 Å². The van der Waals surface area contributed by atoms with E-state index in [2.05, 4.69) is 33.4 Å². The first-order chi connectivity index (χ1) is 9.72. The summed E-state index contributed by atoms with van der Waals surface area (Å²) >= 11 is 0. The van der Waals surface area contributed by atoms with Crippen LogP contribution < -0.4 is 5.32 Å². The van der Waals surface area contributed by atoms with Crippen LogP contribution in [-0.2, 0) is 6.54 Å². The van der Waals surface area contributed by atoms with Crippen LogP contribution in [0.25, 0.3) is 10.9 Å². The minimum atomic E-state index is 0.570. The normalized spacial score (nSPS) is 16.1. The first-order valence-corrected chi connectivity index (χ1v) is 7.39. The van der Waals surface area contributed by atoms with Gasteiger partial charge in [0.25, 0.3) is 0 Å². The van der Waals surface area contributed by atoms with Crippen LogP contribution in [0.3, 0.4) is 0 Å². The fraction of sp³-hybridized carbons (Fsp3) is 0.500. The van der Waals surface area contributed by atoms with Gasteiger partial charge in [-0.15, -0.1) is 0 Å². The molecular formula is C16H22N4. The van der Waals surface area contributed by atoms with E-state index >= 15 is 0 Å². The molecule has 0 unspecified atom stereocenters. The second-order valence-electron chi connectivity index (χ2n) is 5.87. The molecule has 1 aliphatic carbocycles. The molecule has 1 aromatic carbocycles. The quantitative estimate of drug-likeness (QED) is 0.927. The van der Waals surface area contributed by atoms with Crippen LogP contribution in [0.15, 0.2) is 24.3 Å². The summed E-state index contributed by atoms with van der Waals surface area (Å²) in [6.07, 6.45) is 5.15. The number of nitrogens with zero attached hydrogens (tertiary/aromatic N) is 3. The molecule has 0 radical (unpaired) electrons. The van der Waals surface area contributed by atoms with Gasteiger partial charge in [-0.2, -0.15) is 0 Å². The van der Waals surface area contributed by atoms with Crippen molar-refractivity contribution in [2.24, 2.45) is 0 Å². The summed E-state index contributed by atoms with van der Waals surface area (Å²) in [6, 6.07) is 8.83. The SMILES string of the molecule is CN(C)Cc1nc(NC2CCCC2)c2ccccc2n1. The lowest BCUT2D eigenvalue weighted by Gasteiger charge is -2.16. The largest absolute Gasteiger partial charge is 0.367 e. The Bertz CT molecular complexity index is 588. The van der Waals surface area contributed by atoms with Crippen molar-refractivity contribution in [1.82, 2.24) is 14.9 Å². The van der Waals surface area contributed by atoms with E-state index in [0.717, 1.165) is 29.1 Å². The molecule has 106 valence electrons. The third kappa shape index (κ3) is 2.90. The van der Waals surface area contributed by atoms with E-state index in [1.54, 1.807) is 0 Å². The minimum Gasteiger partial charge on any atom is -0.367 e. The molecule has 0 spiro atoms. The predicted molar refractivity (Wildman–Crippen MR) is 82.8 cm³/mol. The zero-order valence-corrected chi connectivity index (χ0v) is 12.3. The molecule has 1 N–H and O–H groups in total. The summed E-state index contributed by atoms with van der Waals surface area (Å²) in [5.74, 6) is 1.88. The van der Waals surface area contributed by atoms with Crippen molar-refractivity contribution in [2.75, 3.05) is 19.4 Å². The van der Waals surface area contributed by atoms with Crippen LogP contribution in [0.5, 0.6) is 0 Å². The predicted octanol–water partition coefficient (Wildman–Crippen LogP) is 3.05. The molecule has 2 aromatic rings. The Labute approximate surface area is 120 Å². The highest BCUT2D eigenvalue weighted by molar-refractivity contribution is 5.89. The summed E-state index contributed by atoms with van der Waals surface area (Å²) in [6.45, 7) is 0.768.